The van der Waals surface area contributed by atoms with Crippen molar-refractivity contribution in [3.05, 3.63) is 77.4 Å². The lowest BCUT2D eigenvalue weighted by Crippen LogP contribution is -1.94. The van der Waals surface area contributed by atoms with Gasteiger partial charge in [0.1, 0.15) is 5.69 Å². The Labute approximate surface area is 148 Å². The first-order chi connectivity index (χ1) is 12.2. The van der Waals surface area contributed by atoms with Crippen molar-refractivity contribution < 1.29 is 4.39 Å². The summed E-state index contributed by atoms with van der Waals surface area (Å²) in [6.45, 7) is 0. The van der Waals surface area contributed by atoms with Gasteiger partial charge in [-0.3, -0.25) is 5.10 Å². The zero-order valence-electron chi connectivity index (χ0n) is 13.0. The quantitative estimate of drug-likeness (QED) is 0.497. The fourth-order valence-electron chi connectivity index (χ4n) is 2.63. The minimum Gasteiger partial charge on any atom is -0.351 e. The van der Waals surface area contributed by atoms with Gasteiger partial charge in [-0.1, -0.05) is 54.7 Å². The van der Waals surface area contributed by atoms with E-state index in [-0.39, 0.29) is 10.3 Å². The van der Waals surface area contributed by atoms with Crippen LogP contribution in [0.2, 0.25) is 0 Å². The Bertz CT molecular complexity index is 1090. The van der Waals surface area contributed by atoms with Gasteiger partial charge < -0.3 is 5.32 Å². The average molecular weight is 348 g/mol. The zero-order valence-corrected chi connectivity index (χ0v) is 13.8. The molecular weight excluding hydrogens is 335 g/mol. The third kappa shape index (κ3) is 2.99. The maximum absolute atomic E-state index is 14.6. The number of fused-ring (bicyclic) bond motifs is 1. The highest BCUT2D eigenvalue weighted by Crippen LogP contribution is 2.28. The highest BCUT2D eigenvalue weighted by molar-refractivity contribution is 7.71. The molecule has 0 fully saturated rings. The van der Waals surface area contributed by atoms with E-state index < -0.39 is 5.82 Å². The Morgan fingerprint density at radius 1 is 0.920 bits per heavy atom. The SMILES string of the molecule is Fc1c(Nc2ccc(-c3ccccc3)cc2)c2[nH]ncc2cnc1=S. The standard InChI is InChI=1S/C19H13FN4S/c20-16-18(17-14(11-22-24-17)10-21-19(16)25)23-15-8-6-13(7-9-15)12-4-2-1-3-5-12/h1-11,23H,(H,22,24). The smallest absolute Gasteiger partial charge is 0.185 e. The van der Waals surface area contributed by atoms with Gasteiger partial charge in [-0.15, -0.1) is 0 Å². The van der Waals surface area contributed by atoms with Crippen molar-refractivity contribution in [3.63, 3.8) is 0 Å². The lowest BCUT2D eigenvalue weighted by Gasteiger charge is -2.08. The molecule has 4 nitrogen and oxygen atoms in total. The molecule has 4 rings (SSSR count). The Morgan fingerprint density at radius 2 is 1.64 bits per heavy atom. The molecule has 25 heavy (non-hydrogen) atoms. The number of aromatic amines is 1. The van der Waals surface area contributed by atoms with Gasteiger partial charge in [0, 0.05) is 17.3 Å². The van der Waals surface area contributed by atoms with Gasteiger partial charge >= 0.3 is 0 Å². The monoisotopic (exact) mass is 348 g/mol. The predicted molar refractivity (Wildman–Crippen MR) is 99.8 cm³/mol. The molecule has 0 amide bonds. The predicted octanol–water partition coefficient (Wildman–Crippen LogP) is 5.24. The molecule has 0 spiro atoms. The van der Waals surface area contributed by atoms with E-state index in [1.165, 1.54) is 6.20 Å². The molecule has 0 unspecified atom stereocenters. The van der Waals surface area contributed by atoms with E-state index in [1.54, 1.807) is 6.20 Å². The van der Waals surface area contributed by atoms with Gasteiger partial charge in [0.05, 0.1) is 11.7 Å². The topological polar surface area (TPSA) is 53.6 Å². The first-order valence-corrected chi connectivity index (χ1v) is 8.07. The first kappa shape index (κ1) is 15.4. The third-order valence-electron chi connectivity index (χ3n) is 3.91. The van der Waals surface area contributed by atoms with Crippen molar-refractivity contribution in [1.29, 1.82) is 0 Å². The van der Waals surface area contributed by atoms with Crippen LogP contribution in [0.5, 0.6) is 0 Å². The van der Waals surface area contributed by atoms with Crippen LogP contribution in [0.3, 0.4) is 0 Å². The van der Waals surface area contributed by atoms with E-state index in [4.69, 9.17) is 12.2 Å². The summed E-state index contributed by atoms with van der Waals surface area (Å²) in [7, 11) is 0. The Balaban J connectivity index is 1.74. The number of nitrogens with one attached hydrogen (secondary N) is 2. The van der Waals surface area contributed by atoms with Gasteiger partial charge in [0.25, 0.3) is 0 Å². The summed E-state index contributed by atoms with van der Waals surface area (Å²) < 4.78 is 14.5. The Hall–Kier alpha value is -3.12. The summed E-state index contributed by atoms with van der Waals surface area (Å²) in [6.07, 6.45) is 3.09. The summed E-state index contributed by atoms with van der Waals surface area (Å²) >= 11 is 5.00. The van der Waals surface area contributed by atoms with Crippen LogP contribution in [0.25, 0.3) is 22.0 Å². The van der Waals surface area contributed by atoms with Gasteiger partial charge in [-0.25, -0.2) is 9.37 Å². The zero-order chi connectivity index (χ0) is 17.2. The molecule has 0 bridgehead atoms. The lowest BCUT2D eigenvalue weighted by molar-refractivity contribution is 0.624. The van der Waals surface area contributed by atoms with Gasteiger partial charge in [0.15, 0.2) is 10.5 Å². The van der Waals surface area contributed by atoms with Gasteiger partial charge in [-0.05, 0) is 23.3 Å². The van der Waals surface area contributed by atoms with Crippen molar-refractivity contribution in [2.75, 3.05) is 5.32 Å². The lowest BCUT2D eigenvalue weighted by atomic mass is 10.1. The van der Waals surface area contributed by atoms with E-state index in [9.17, 15) is 4.39 Å². The van der Waals surface area contributed by atoms with E-state index in [0.717, 1.165) is 16.8 Å². The maximum atomic E-state index is 14.6. The van der Waals surface area contributed by atoms with Crippen LogP contribution in [0, 0.1) is 10.5 Å². The summed E-state index contributed by atoms with van der Waals surface area (Å²) in [5, 5.41) is 10.5. The molecule has 2 heterocycles. The second-order valence-electron chi connectivity index (χ2n) is 5.52. The minimum atomic E-state index is -0.582. The van der Waals surface area contributed by atoms with Crippen LogP contribution >= 0.6 is 12.2 Å². The van der Waals surface area contributed by atoms with Crippen LogP contribution in [0.1, 0.15) is 0 Å². The van der Waals surface area contributed by atoms with Crippen LogP contribution < -0.4 is 5.32 Å². The number of halogens is 1. The molecule has 0 radical (unpaired) electrons. The summed E-state index contributed by atoms with van der Waals surface area (Å²) in [6, 6.07) is 17.8. The minimum absolute atomic E-state index is 0.0898. The fourth-order valence-corrected chi connectivity index (χ4v) is 2.79. The highest BCUT2D eigenvalue weighted by Gasteiger charge is 2.11. The average Bonchev–Trinajstić information content (AvgIpc) is 3.09. The van der Waals surface area contributed by atoms with Crippen molar-refractivity contribution in [2.24, 2.45) is 0 Å². The molecule has 2 aromatic carbocycles. The molecular formula is C19H13FN4S. The fraction of sp³-hybridized carbons (Fsp3) is 0. The normalized spacial score (nSPS) is 10.8. The largest absolute Gasteiger partial charge is 0.351 e. The van der Waals surface area contributed by atoms with Crippen molar-refractivity contribution >= 4 is 34.5 Å². The molecule has 6 heteroatoms. The van der Waals surface area contributed by atoms with Crippen LogP contribution in [0.4, 0.5) is 15.8 Å². The van der Waals surface area contributed by atoms with E-state index in [0.29, 0.717) is 10.9 Å². The molecule has 0 aliphatic rings. The summed E-state index contributed by atoms with van der Waals surface area (Å²) in [5.74, 6) is -0.582. The number of anilines is 2. The molecule has 122 valence electrons. The maximum Gasteiger partial charge on any atom is 0.185 e. The second-order valence-corrected chi connectivity index (χ2v) is 5.91. The first-order valence-electron chi connectivity index (χ1n) is 7.67. The van der Waals surface area contributed by atoms with Gasteiger partial charge in [-0.2, -0.15) is 5.10 Å². The number of nitrogens with zero attached hydrogens (tertiary/aromatic N) is 2. The Morgan fingerprint density at radius 3 is 2.40 bits per heavy atom. The number of H-pyrrole nitrogens is 1. The summed E-state index contributed by atoms with van der Waals surface area (Å²) in [4.78, 5) is 3.94. The van der Waals surface area contributed by atoms with Crippen LogP contribution in [-0.2, 0) is 0 Å². The van der Waals surface area contributed by atoms with Crippen LogP contribution in [0.15, 0.2) is 67.0 Å². The van der Waals surface area contributed by atoms with E-state index in [1.807, 2.05) is 54.6 Å². The molecule has 0 atom stereocenters. The molecule has 4 aromatic rings. The third-order valence-corrected chi connectivity index (χ3v) is 4.19. The highest BCUT2D eigenvalue weighted by atomic mass is 32.1. The van der Waals surface area contributed by atoms with E-state index in [2.05, 4.69) is 20.5 Å². The number of aromatic nitrogens is 3. The molecule has 2 N–H and O–H groups in total. The van der Waals surface area contributed by atoms with Crippen molar-refractivity contribution in [2.45, 2.75) is 0 Å². The van der Waals surface area contributed by atoms with Crippen molar-refractivity contribution in [1.82, 2.24) is 15.2 Å². The van der Waals surface area contributed by atoms with Gasteiger partial charge in [0.2, 0.25) is 0 Å². The number of benzene rings is 2. The van der Waals surface area contributed by atoms with Crippen molar-refractivity contribution in [3.8, 4) is 11.1 Å². The molecule has 0 aliphatic heterocycles. The van der Waals surface area contributed by atoms with Crippen LogP contribution in [-0.4, -0.2) is 15.2 Å². The second kappa shape index (κ2) is 6.41. The number of hydrogen-bond donors (Lipinski definition) is 2. The van der Waals surface area contributed by atoms with E-state index >= 15 is 0 Å². The molecule has 0 saturated heterocycles. The Kier molecular flexibility index (Phi) is 3.95. The molecule has 0 aliphatic carbocycles. The summed E-state index contributed by atoms with van der Waals surface area (Å²) in [5.41, 5.74) is 3.72. The number of hydrogen-bond acceptors (Lipinski definition) is 4. The number of rotatable bonds is 3. The molecule has 0 saturated carbocycles. The molecule has 2 aromatic heterocycles.